The zero-order valence-electron chi connectivity index (χ0n) is 17.2. The van der Waals surface area contributed by atoms with Crippen molar-refractivity contribution in [1.29, 1.82) is 0 Å². The smallest absolute Gasteiger partial charge is 0.257 e. The fraction of sp³-hybridized carbons (Fsp3) is 0.0833. The molecule has 0 saturated carbocycles. The number of anilines is 1. The molecule has 32 heavy (non-hydrogen) atoms. The van der Waals surface area contributed by atoms with E-state index in [-0.39, 0.29) is 23.0 Å². The van der Waals surface area contributed by atoms with Gasteiger partial charge in [0.25, 0.3) is 11.8 Å². The SMILES string of the molecule is C=C(C=NC)CNC(=O)c1ccc(C(=O)Nc2ccc(Cl)c(-c3ccccn3)c2)c(Cl)c1. The van der Waals surface area contributed by atoms with Crippen molar-refractivity contribution in [3.63, 3.8) is 0 Å². The summed E-state index contributed by atoms with van der Waals surface area (Å²) in [6, 6.07) is 15.1. The summed E-state index contributed by atoms with van der Waals surface area (Å²) in [5.41, 5.74) is 3.15. The minimum Gasteiger partial charge on any atom is -0.348 e. The molecule has 0 unspecified atom stereocenters. The molecule has 162 valence electrons. The molecular weight excluding hydrogens is 447 g/mol. The molecule has 1 aromatic heterocycles. The molecule has 0 radical (unpaired) electrons. The average Bonchev–Trinajstić information content (AvgIpc) is 2.79. The van der Waals surface area contributed by atoms with Crippen LogP contribution >= 0.6 is 23.2 Å². The molecule has 3 rings (SSSR count). The molecule has 0 fully saturated rings. The van der Waals surface area contributed by atoms with E-state index in [0.29, 0.717) is 33.1 Å². The highest BCUT2D eigenvalue weighted by Crippen LogP contribution is 2.29. The van der Waals surface area contributed by atoms with Crippen LogP contribution in [0.4, 0.5) is 5.69 Å². The lowest BCUT2D eigenvalue weighted by atomic mass is 10.1. The van der Waals surface area contributed by atoms with Gasteiger partial charge in [-0.2, -0.15) is 0 Å². The normalized spacial score (nSPS) is 10.7. The van der Waals surface area contributed by atoms with E-state index in [0.717, 1.165) is 0 Å². The van der Waals surface area contributed by atoms with Gasteiger partial charge in [0.15, 0.2) is 0 Å². The van der Waals surface area contributed by atoms with E-state index in [4.69, 9.17) is 23.2 Å². The molecule has 0 aliphatic rings. The third-order valence-electron chi connectivity index (χ3n) is 4.43. The summed E-state index contributed by atoms with van der Waals surface area (Å²) in [6.45, 7) is 4.04. The molecule has 0 aliphatic heterocycles. The van der Waals surface area contributed by atoms with Gasteiger partial charge in [-0.15, -0.1) is 0 Å². The lowest BCUT2D eigenvalue weighted by molar-refractivity contribution is 0.0955. The minimum atomic E-state index is -0.413. The zero-order valence-corrected chi connectivity index (χ0v) is 18.7. The zero-order chi connectivity index (χ0) is 23.1. The van der Waals surface area contributed by atoms with Crippen molar-refractivity contribution in [3.05, 3.63) is 94.1 Å². The highest BCUT2D eigenvalue weighted by atomic mass is 35.5. The van der Waals surface area contributed by atoms with Gasteiger partial charge in [0.2, 0.25) is 0 Å². The molecule has 3 aromatic rings. The number of aliphatic imine (C=N–C) groups is 1. The first kappa shape index (κ1) is 23.2. The molecule has 2 N–H and O–H groups in total. The van der Waals surface area contributed by atoms with Crippen LogP contribution in [0.1, 0.15) is 20.7 Å². The third kappa shape index (κ3) is 5.81. The Bertz CT molecular complexity index is 1190. The minimum absolute atomic E-state index is 0.156. The molecule has 0 atom stereocenters. The van der Waals surface area contributed by atoms with Crippen molar-refractivity contribution in [1.82, 2.24) is 10.3 Å². The maximum atomic E-state index is 12.8. The summed E-state index contributed by atoms with van der Waals surface area (Å²) in [4.78, 5) is 33.2. The van der Waals surface area contributed by atoms with Gasteiger partial charge < -0.3 is 10.6 Å². The summed E-state index contributed by atoms with van der Waals surface area (Å²) < 4.78 is 0. The Morgan fingerprint density at radius 1 is 1.06 bits per heavy atom. The first-order valence-electron chi connectivity index (χ1n) is 9.59. The molecule has 1 heterocycles. The summed E-state index contributed by atoms with van der Waals surface area (Å²) in [6.07, 6.45) is 3.23. The monoisotopic (exact) mass is 466 g/mol. The summed E-state index contributed by atoms with van der Waals surface area (Å²) in [5, 5.41) is 6.19. The van der Waals surface area contributed by atoms with Gasteiger partial charge in [-0.1, -0.05) is 35.8 Å². The number of benzene rings is 2. The van der Waals surface area contributed by atoms with Crippen molar-refractivity contribution in [2.75, 3.05) is 18.9 Å². The largest absolute Gasteiger partial charge is 0.348 e. The molecule has 0 aliphatic carbocycles. The van der Waals surface area contributed by atoms with E-state index in [1.165, 1.54) is 18.2 Å². The Labute approximate surface area is 196 Å². The number of carbonyl (C=O) groups is 2. The van der Waals surface area contributed by atoms with Crippen LogP contribution in [0.5, 0.6) is 0 Å². The van der Waals surface area contributed by atoms with E-state index in [1.807, 2.05) is 18.2 Å². The summed E-state index contributed by atoms with van der Waals surface area (Å²) in [5.74, 6) is -0.744. The molecule has 8 heteroatoms. The maximum absolute atomic E-state index is 12.8. The number of hydrogen-bond donors (Lipinski definition) is 2. The molecule has 0 bridgehead atoms. The molecule has 0 spiro atoms. The topological polar surface area (TPSA) is 83.5 Å². The molecule has 2 amide bonds. The standard InChI is InChI=1S/C24H20Cl2N4O2/c1-15(13-27-2)14-29-23(31)16-6-8-18(21(26)11-16)24(32)30-17-7-9-20(25)19(12-17)22-5-3-4-10-28-22/h3-13H,1,14H2,2H3,(H,29,31)(H,30,32). The van der Waals surface area contributed by atoms with E-state index in [1.54, 1.807) is 37.7 Å². The van der Waals surface area contributed by atoms with E-state index >= 15 is 0 Å². The number of rotatable bonds is 7. The highest BCUT2D eigenvalue weighted by molar-refractivity contribution is 6.35. The van der Waals surface area contributed by atoms with E-state index in [9.17, 15) is 9.59 Å². The second-order valence-electron chi connectivity index (χ2n) is 6.79. The van der Waals surface area contributed by atoms with Crippen LogP contribution in [0.3, 0.4) is 0 Å². The van der Waals surface area contributed by atoms with Gasteiger partial charge in [-0.25, -0.2) is 0 Å². The van der Waals surface area contributed by atoms with Crippen LogP contribution in [0.25, 0.3) is 11.3 Å². The quantitative estimate of drug-likeness (QED) is 0.463. The summed E-state index contributed by atoms with van der Waals surface area (Å²) >= 11 is 12.6. The van der Waals surface area contributed by atoms with Crippen LogP contribution < -0.4 is 10.6 Å². The van der Waals surface area contributed by atoms with Crippen LogP contribution in [0.2, 0.25) is 10.0 Å². The number of aromatic nitrogens is 1. The van der Waals surface area contributed by atoms with E-state index < -0.39 is 5.91 Å². The van der Waals surface area contributed by atoms with Crippen LogP contribution in [-0.2, 0) is 0 Å². The van der Waals surface area contributed by atoms with Crippen molar-refractivity contribution >= 4 is 46.9 Å². The number of hydrogen-bond acceptors (Lipinski definition) is 4. The number of amides is 2. The Morgan fingerprint density at radius 2 is 1.88 bits per heavy atom. The first-order valence-corrected chi connectivity index (χ1v) is 10.3. The Balaban J connectivity index is 1.73. The van der Waals surface area contributed by atoms with Crippen molar-refractivity contribution < 1.29 is 9.59 Å². The van der Waals surface area contributed by atoms with Gasteiger partial charge in [0.1, 0.15) is 0 Å². The Morgan fingerprint density at radius 3 is 2.56 bits per heavy atom. The first-order chi connectivity index (χ1) is 15.4. The Kier molecular flexibility index (Phi) is 7.76. The molecule has 0 saturated heterocycles. The van der Waals surface area contributed by atoms with Gasteiger partial charge >= 0.3 is 0 Å². The van der Waals surface area contributed by atoms with Gasteiger partial charge in [-0.3, -0.25) is 19.6 Å². The van der Waals surface area contributed by atoms with E-state index in [2.05, 4.69) is 27.2 Å². The maximum Gasteiger partial charge on any atom is 0.257 e. The predicted octanol–water partition coefficient (Wildman–Crippen LogP) is 5.29. The van der Waals surface area contributed by atoms with Gasteiger partial charge in [-0.05, 0) is 54.1 Å². The lowest BCUT2D eigenvalue weighted by Gasteiger charge is -2.11. The number of halogens is 2. The highest BCUT2D eigenvalue weighted by Gasteiger charge is 2.15. The number of carbonyl (C=O) groups excluding carboxylic acids is 2. The molecule has 2 aromatic carbocycles. The van der Waals surface area contributed by atoms with Crippen LogP contribution in [-0.4, -0.2) is 36.6 Å². The number of pyridine rings is 1. The van der Waals surface area contributed by atoms with Crippen molar-refractivity contribution in [2.24, 2.45) is 4.99 Å². The summed E-state index contributed by atoms with van der Waals surface area (Å²) in [7, 11) is 1.62. The fourth-order valence-corrected chi connectivity index (χ4v) is 3.37. The average molecular weight is 467 g/mol. The third-order valence-corrected chi connectivity index (χ3v) is 5.07. The van der Waals surface area contributed by atoms with Crippen molar-refractivity contribution in [3.8, 4) is 11.3 Å². The number of nitrogens with zero attached hydrogens (tertiary/aromatic N) is 2. The van der Waals surface area contributed by atoms with Gasteiger partial charge in [0.05, 0.1) is 21.3 Å². The molecule has 6 nitrogen and oxygen atoms in total. The van der Waals surface area contributed by atoms with Crippen molar-refractivity contribution in [2.45, 2.75) is 0 Å². The molecular formula is C24H20Cl2N4O2. The lowest BCUT2D eigenvalue weighted by Crippen LogP contribution is -2.26. The predicted molar refractivity (Wildman–Crippen MR) is 130 cm³/mol. The number of nitrogens with one attached hydrogen (secondary N) is 2. The van der Waals surface area contributed by atoms with Crippen LogP contribution in [0.15, 0.2) is 77.9 Å². The Hall–Kier alpha value is -3.48. The second kappa shape index (κ2) is 10.7. The second-order valence-corrected chi connectivity index (χ2v) is 7.60. The van der Waals surface area contributed by atoms with Crippen LogP contribution in [0, 0.1) is 0 Å². The fourth-order valence-electron chi connectivity index (χ4n) is 2.88. The van der Waals surface area contributed by atoms with Gasteiger partial charge in [0, 0.05) is 42.8 Å².